The molecule has 1 atom stereocenters. The number of amides is 2. The van der Waals surface area contributed by atoms with Crippen molar-refractivity contribution >= 4 is 50.7 Å². The fourth-order valence-corrected chi connectivity index (χ4v) is 6.65. The molecule has 2 amide bonds. The smallest absolute Gasteiger partial charge is 0.264 e. The number of anilines is 1. The van der Waals surface area contributed by atoms with Crippen molar-refractivity contribution in [2.75, 3.05) is 17.4 Å². The number of nitrogens with zero attached hydrogens (tertiary/aromatic N) is 2. The predicted octanol–water partition coefficient (Wildman–Crippen LogP) is 7.36. The lowest BCUT2D eigenvalue weighted by Crippen LogP contribution is -2.53. The molecule has 0 aliphatic rings. The summed E-state index contributed by atoms with van der Waals surface area (Å²) in [6.07, 6.45) is 1.92. The summed E-state index contributed by atoms with van der Waals surface area (Å²) in [6, 6.07) is 26.7. The van der Waals surface area contributed by atoms with Crippen molar-refractivity contribution in [3.05, 3.63) is 129 Å². The van der Waals surface area contributed by atoms with Gasteiger partial charge in [-0.3, -0.25) is 13.9 Å². The maximum absolute atomic E-state index is 14.5. The van der Waals surface area contributed by atoms with Gasteiger partial charge in [-0.05, 0) is 91.1 Å². The van der Waals surface area contributed by atoms with Crippen molar-refractivity contribution < 1.29 is 18.0 Å². The zero-order valence-electron chi connectivity index (χ0n) is 26.2. The standard InChI is InChI=1S/C36H39Cl2N3O4S/c1-4-5-21-39-36(43)34(23-28-9-7-6-8-10-28)40(24-29-12-14-30(37)15-13-29)35(42)25-41(32-18-11-26(2)27(3)22-32)46(44,45)33-19-16-31(38)17-20-33/h6-20,22,34H,4-5,21,23-25H2,1-3H3,(H,39,43). The third kappa shape index (κ3) is 9.12. The van der Waals surface area contributed by atoms with Gasteiger partial charge in [-0.2, -0.15) is 0 Å². The number of nitrogens with one attached hydrogen (secondary N) is 1. The van der Waals surface area contributed by atoms with E-state index in [-0.39, 0.29) is 23.8 Å². The molecule has 0 spiro atoms. The molecule has 46 heavy (non-hydrogen) atoms. The highest BCUT2D eigenvalue weighted by Crippen LogP contribution is 2.28. The number of benzene rings is 4. The van der Waals surface area contributed by atoms with E-state index in [1.54, 1.807) is 36.4 Å². The highest BCUT2D eigenvalue weighted by atomic mass is 35.5. The second-order valence-corrected chi connectivity index (χ2v) is 14.0. The molecule has 0 aliphatic heterocycles. The lowest BCUT2D eigenvalue weighted by molar-refractivity contribution is -0.140. The molecule has 7 nitrogen and oxygen atoms in total. The lowest BCUT2D eigenvalue weighted by Gasteiger charge is -2.34. The van der Waals surface area contributed by atoms with Crippen LogP contribution in [-0.4, -0.2) is 44.3 Å². The average molecular weight is 681 g/mol. The molecule has 242 valence electrons. The van der Waals surface area contributed by atoms with Crippen LogP contribution in [0.3, 0.4) is 0 Å². The summed E-state index contributed by atoms with van der Waals surface area (Å²) < 4.78 is 29.5. The Labute approximate surface area is 282 Å². The van der Waals surface area contributed by atoms with Gasteiger partial charge < -0.3 is 10.2 Å². The predicted molar refractivity (Wildman–Crippen MR) is 186 cm³/mol. The van der Waals surface area contributed by atoms with E-state index in [9.17, 15) is 18.0 Å². The quantitative estimate of drug-likeness (QED) is 0.141. The van der Waals surface area contributed by atoms with Gasteiger partial charge in [0, 0.05) is 29.6 Å². The number of unbranched alkanes of at least 4 members (excludes halogenated alkanes) is 1. The summed E-state index contributed by atoms with van der Waals surface area (Å²) in [5.41, 5.74) is 3.80. The zero-order chi connectivity index (χ0) is 33.3. The van der Waals surface area contributed by atoms with Crippen LogP contribution in [0.25, 0.3) is 0 Å². The summed E-state index contributed by atoms with van der Waals surface area (Å²) in [5.74, 6) is -0.838. The van der Waals surface area contributed by atoms with Crippen LogP contribution >= 0.6 is 23.2 Å². The normalized spacial score (nSPS) is 11.9. The van der Waals surface area contributed by atoms with Gasteiger partial charge in [0.15, 0.2) is 0 Å². The Bertz CT molecular complexity index is 1730. The molecule has 0 aromatic heterocycles. The molecule has 0 bridgehead atoms. The van der Waals surface area contributed by atoms with E-state index in [0.717, 1.165) is 39.4 Å². The Kier molecular flexibility index (Phi) is 12.3. The van der Waals surface area contributed by atoms with Crippen LogP contribution in [0.2, 0.25) is 10.0 Å². The Morgan fingerprint density at radius 3 is 2.04 bits per heavy atom. The Hall–Kier alpha value is -3.85. The summed E-state index contributed by atoms with van der Waals surface area (Å²) in [5, 5.41) is 3.92. The zero-order valence-corrected chi connectivity index (χ0v) is 28.6. The van der Waals surface area contributed by atoms with Crippen LogP contribution in [0.4, 0.5) is 5.69 Å². The monoisotopic (exact) mass is 679 g/mol. The number of hydrogen-bond acceptors (Lipinski definition) is 4. The molecule has 0 saturated heterocycles. The van der Waals surface area contributed by atoms with E-state index in [0.29, 0.717) is 22.3 Å². The molecule has 0 heterocycles. The van der Waals surface area contributed by atoms with Crippen LogP contribution in [-0.2, 0) is 32.6 Å². The molecule has 10 heteroatoms. The molecular formula is C36H39Cl2N3O4S. The highest BCUT2D eigenvalue weighted by Gasteiger charge is 2.34. The molecule has 1 unspecified atom stereocenters. The van der Waals surface area contributed by atoms with Crippen molar-refractivity contribution in [3.8, 4) is 0 Å². The van der Waals surface area contributed by atoms with Gasteiger partial charge in [0.05, 0.1) is 10.6 Å². The molecule has 4 aromatic carbocycles. The SMILES string of the molecule is CCCCNC(=O)C(Cc1ccccc1)N(Cc1ccc(Cl)cc1)C(=O)CN(c1ccc(C)c(C)c1)S(=O)(=O)c1ccc(Cl)cc1. The Morgan fingerprint density at radius 1 is 0.804 bits per heavy atom. The summed E-state index contributed by atoms with van der Waals surface area (Å²) >= 11 is 12.2. The van der Waals surface area contributed by atoms with E-state index in [2.05, 4.69) is 5.32 Å². The Morgan fingerprint density at radius 2 is 1.43 bits per heavy atom. The highest BCUT2D eigenvalue weighted by molar-refractivity contribution is 7.92. The minimum absolute atomic E-state index is 0.00896. The fraction of sp³-hybridized carbons (Fsp3) is 0.278. The maximum atomic E-state index is 14.5. The molecule has 0 aliphatic carbocycles. The number of carbonyl (C=O) groups excluding carboxylic acids is 2. The molecular weight excluding hydrogens is 641 g/mol. The van der Waals surface area contributed by atoms with Crippen molar-refractivity contribution in [2.24, 2.45) is 0 Å². The number of sulfonamides is 1. The van der Waals surface area contributed by atoms with Gasteiger partial charge in [-0.25, -0.2) is 8.42 Å². The van der Waals surface area contributed by atoms with Crippen LogP contribution in [0, 0.1) is 13.8 Å². The van der Waals surface area contributed by atoms with Crippen LogP contribution < -0.4 is 9.62 Å². The first-order valence-corrected chi connectivity index (χ1v) is 17.4. The van der Waals surface area contributed by atoms with Crippen molar-refractivity contribution in [1.29, 1.82) is 0 Å². The third-order valence-corrected chi connectivity index (χ3v) is 10.1. The first-order valence-electron chi connectivity index (χ1n) is 15.2. The van der Waals surface area contributed by atoms with Crippen LogP contribution in [0.5, 0.6) is 0 Å². The maximum Gasteiger partial charge on any atom is 0.264 e. The first-order chi connectivity index (χ1) is 22.0. The number of halogens is 2. The molecule has 0 radical (unpaired) electrons. The van der Waals surface area contributed by atoms with Gasteiger partial charge >= 0.3 is 0 Å². The van der Waals surface area contributed by atoms with E-state index in [1.807, 2.05) is 57.2 Å². The number of aryl methyl sites for hydroxylation is 2. The summed E-state index contributed by atoms with van der Waals surface area (Å²) in [6.45, 7) is 5.85. The average Bonchev–Trinajstić information content (AvgIpc) is 3.04. The van der Waals surface area contributed by atoms with Crippen molar-refractivity contribution in [2.45, 2.75) is 57.5 Å². The van der Waals surface area contributed by atoms with Crippen LogP contribution in [0.1, 0.15) is 42.0 Å². The van der Waals surface area contributed by atoms with Gasteiger partial charge in [-0.15, -0.1) is 0 Å². The summed E-state index contributed by atoms with van der Waals surface area (Å²) in [4.78, 5) is 29.8. The van der Waals surface area contributed by atoms with Gasteiger partial charge in [0.25, 0.3) is 10.0 Å². The Balaban J connectivity index is 1.80. The molecule has 0 fully saturated rings. The number of hydrogen-bond donors (Lipinski definition) is 1. The second kappa shape index (κ2) is 16.1. The van der Waals surface area contributed by atoms with Gasteiger partial charge in [0.1, 0.15) is 12.6 Å². The minimum atomic E-state index is -4.22. The minimum Gasteiger partial charge on any atom is -0.354 e. The lowest BCUT2D eigenvalue weighted by atomic mass is 10.0. The largest absolute Gasteiger partial charge is 0.354 e. The molecule has 4 aromatic rings. The topological polar surface area (TPSA) is 86.8 Å². The van der Waals surface area contributed by atoms with Gasteiger partial charge in [-0.1, -0.05) is 85.1 Å². The molecule has 4 rings (SSSR count). The van der Waals surface area contributed by atoms with E-state index in [4.69, 9.17) is 23.2 Å². The first kappa shape index (κ1) is 35.0. The second-order valence-electron chi connectivity index (χ2n) is 11.2. The van der Waals surface area contributed by atoms with Crippen molar-refractivity contribution in [3.63, 3.8) is 0 Å². The molecule has 1 N–H and O–H groups in total. The molecule has 0 saturated carbocycles. The summed E-state index contributed by atoms with van der Waals surface area (Å²) in [7, 11) is -4.22. The van der Waals surface area contributed by atoms with E-state index >= 15 is 0 Å². The van der Waals surface area contributed by atoms with Crippen LogP contribution in [0.15, 0.2) is 102 Å². The number of carbonyl (C=O) groups is 2. The van der Waals surface area contributed by atoms with Gasteiger partial charge in [0.2, 0.25) is 11.8 Å². The van der Waals surface area contributed by atoms with Crippen molar-refractivity contribution in [1.82, 2.24) is 10.2 Å². The van der Waals surface area contributed by atoms with E-state index in [1.165, 1.54) is 29.2 Å². The fourth-order valence-electron chi connectivity index (χ4n) is 4.99. The van der Waals surface area contributed by atoms with E-state index < -0.39 is 28.5 Å². The third-order valence-electron chi connectivity index (χ3n) is 7.83. The number of rotatable bonds is 14.